The predicted octanol–water partition coefficient (Wildman–Crippen LogP) is 6.57. The number of hydrogen-bond acceptors (Lipinski definition) is 3. The second-order valence-electron chi connectivity index (χ2n) is 5.70. The van der Waals surface area contributed by atoms with Crippen molar-refractivity contribution >= 4 is 28.8 Å². The minimum atomic E-state index is 0. The molecule has 0 aliphatic heterocycles. The van der Waals surface area contributed by atoms with E-state index in [1.807, 2.05) is 36.4 Å². The highest BCUT2D eigenvalue weighted by molar-refractivity contribution is 7.78. The van der Waals surface area contributed by atoms with E-state index in [4.69, 9.17) is 5.73 Å². The predicted molar refractivity (Wildman–Crippen MR) is 107 cm³/mol. The highest BCUT2D eigenvalue weighted by atomic mass is 32.1. The van der Waals surface area contributed by atoms with Gasteiger partial charge in [-0.3, -0.25) is 0 Å². The Hall–Kier alpha value is -1.96. The van der Waals surface area contributed by atoms with Gasteiger partial charge in [0, 0.05) is 5.69 Å². The number of nitrogens with zero attached hydrogens (tertiary/aromatic N) is 1. The number of nitrogen functional groups attached to an aromatic ring is 1. The maximum absolute atomic E-state index is 5.72. The average Bonchev–Trinajstić information content (AvgIpc) is 2.49. The standard InChI is InChI=1S/C10H11NS.C9H13N.CH4/c1-8(2)9-5-3-4-6-10(9)11-7-12;1-7(2)8-5-3-4-6-9(8)10;/h3-6,8H,1-2H3;3-7H,10H2,1-2H3;1H4. The van der Waals surface area contributed by atoms with Gasteiger partial charge in [-0.2, -0.15) is 4.99 Å². The Balaban J connectivity index is 0.000000409. The Morgan fingerprint density at radius 3 is 1.78 bits per heavy atom. The van der Waals surface area contributed by atoms with Crippen LogP contribution in [0, 0.1) is 0 Å². The fraction of sp³-hybridized carbons (Fsp3) is 0.350. The van der Waals surface area contributed by atoms with Crippen LogP contribution in [0.2, 0.25) is 0 Å². The first-order chi connectivity index (χ1) is 10.5. The molecule has 0 atom stereocenters. The molecule has 2 nitrogen and oxygen atoms in total. The van der Waals surface area contributed by atoms with Gasteiger partial charge >= 0.3 is 0 Å². The lowest BCUT2D eigenvalue weighted by molar-refractivity contribution is 0.867. The first-order valence-electron chi connectivity index (χ1n) is 7.48. The Kier molecular flexibility index (Phi) is 9.80. The molecule has 0 saturated heterocycles. The smallest absolute Gasteiger partial charge is 0.0774 e. The number of aliphatic imine (C=N–C) groups is 1. The molecule has 0 aliphatic rings. The van der Waals surface area contributed by atoms with Gasteiger partial charge in [0.25, 0.3) is 0 Å². The van der Waals surface area contributed by atoms with Crippen molar-refractivity contribution in [1.82, 2.24) is 0 Å². The lowest BCUT2D eigenvalue weighted by atomic mass is 10.0. The lowest BCUT2D eigenvalue weighted by Gasteiger charge is -2.07. The van der Waals surface area contributed by atoms with Crippen LogP contribution in [0.5, 0.6) is 0 Å². The summed E-state index contributed by atoms with van der Waals surface area (Å²) < 4.78 is 0. The molecule has 0 aromatic heterocycles. The number of para-hydroxylation sites is 2. The molecule has 2 rings (SSSR count). The fourth-order valence-electron chi connectivity index (χ4n) is 2.16. The molecule has 0 unspecified atom stereocenters. The van der Waals surface area contributed by atoms with Crippen LogP contribution in [-0.4, -0.2) is 5.16 Å². The molecule has 0 amide bonds. The summed E-state index contributed by atoms with van der Waals surface area (Å²) in [4.78, 5) is 3.99. The van der Waals surface area contributed by atoms with Crippen molar-refractivity contribution in [3.8, 4) is 0 Å². The van der Waals surface area contributed by atoms with E-state index in [9.17, 15) is 0 Å². The maximum Gasteiger partial charge on any atom is 0.0774 e. The molecule has 2 aromatic carbocycles. The highest BCUT2D eigenvalue weighted by Gasteiger charge is 2.03. The first-order valence-corrected chi connectivity index (χ1v) is 7.89. The van der Waals surface area contributed by atoms with Crippen LogP contribution in [0.1, 0.15) is 58.1 Å². The molecule has 2 N–H and O–H groups in total. The van der Waals surface area contributed by atoms with Gasteiger partial charge < -0.3 is 5.73 Å². The van der Waals surface area contributed by atoms with Gasteiger partial charge in [-0.1, -0.05) is 71.5 Å². The topological polar surface area (TPSA) is 38.4 Å². The zero-order valence-corrected chi connectivity index (χ0v) is 14.5. The Morgan fingerprint density at radius 1 is 0.870 bits per heavy atom. The number of isothiocyanates is 1. The SMILES string of the molecule is C.CC(C)c1ccccc1N.CC(C)c1ccccc1N=C=S. The van der Waals surface area contributed by atoms with Crippen LogP contribution < -0.4 is 5.73 Å². The minimum absolute atomic E-state index is 0. The summed E-state index contributed by atoms with van der Waals surface area (Å²) in [5.41, 5.74) is 10.0. The third kappa shape index (κ3) is 6.77. The average molecular weight is 329 g/mol. The van der Waals surface area contributed by atoms with Gasteiger partial charge in [0.2, 0.25) is 0 Å². The van der Waals surface area contributed by atoms with E-state index in [-0.39, 0.29) is 7.43 Å². The van der Waals surface area contributed by atoms with E-state index in [2.05, 4.69) is 62.2 Å². The van der Waals surface area contributed by atoms with Gasteiger partial charge in [0.05, 0.1) is 10.8 Å². The molecule has 0 radical (unpaired) electrons. The summed E-state index contributed by atoms with van der Waals surface area (Å²) in [6.07, 6.45) is 0. The van der Waals surface area contributed by atoms with Crippen molar-refractivity contribution in [2.24, 2.45) is 4.99 Å². The molecule has 0 aliphatic carbocycles. The molecule has 0 spiro atoms. The minimum Gasteiger partial charge on any atom is -0.398 e. The number of hydrogen-bond donors (Lipinski definition) is 1. The molecule has 0 saturated carbocycles. The van der Waals surface area contributed by atoms with E-state index < -0.39 is 0 Å². The molecule has 2 aromatic rings. The fourth-order valence-corrected chi connectivity index (χ4v) is 2.26. The second-order valence-corrected chi connectivity index (χ2v) is 5.88. The Bertz CT molecular complexity index is 642. The van der Waals surface area contributed by atoms with Crippen LogP contribution in [-0.2, 0) is 0 Å². The molecular formula is C20H28N2S. The van der Waals surface area contributed by atoms with Crippen molar-refractivity contribution < 1.29 is 0 Å². The number of anilines is 1. The first kappa shape index (κ1) is 21.0. The van der Waals surface area contributed by atoms with Gasteiger partial charge in [0.1, 0.15) is 0 Å². The van der Waals surface area contributed by atoms with Crippen molar-refractivity contribution in [3.05, 3.63) is 59.7 Å². The molecular weight excluding hydrogens is 300 g/mol. The van der Waals surface area contributed by atoms with Gasteiger partial charge in [0.15, 0.2) is 0 Å². The largest absolute Gasteiger partial charge is 0.398 e. The molecule has 3 heteroatoms. The van der Waals surface area contributed by atoms with Crippen molar-refractivity contribution in [1.29, 1.82) is 0 Å². The van der Waals surface area contributed by atoms with E-state index in [0.29, 0.717) is 11.8 Å². The second kappa shape index (κ2) is 10.7. The lowest BCUT2D eigenvalue weighted by Crippen LogP contribution is -1.94. The van der Waals surface area contributed by atoms with Crippen LogP contribution in [0.3, 0.4) is 0 Å². The number of nitrogens with two attached hydrogens (primary N) is 1. The summed E-state index contributed by atoms with van der Waals surface area (Å²) in [7, 11) is 0. The van der Waals surface area contributed by atoms with Gasteiger partial charge in [-0.05, 0) is 47.3 Å². The highest BCUT2D eigenvalue weighted by Crippen LogP contribution is 2.25. The number of rotatable bonds is 3. The number of thiocarbonyl (C=S) groups is 1. The molecule has 124 valence electrons. The van der Waals surface area contributed by atoms with Crippen molar-refractivity contribution in [2.75, 3.05) is 5.73 Å². The Morgan fingerprint density at radius 2 is 1.35 bits per heavy atom. The monoisotopic (exact) mass is 328 g/mol. The number of benzene rings is 2. The zero-order chi connectivity index (χ0) is 16.5. The van der Waals surface area contributed by atoms with Gasteiger partial charge in [-0.25, -0.2) is 0 Å². The van der Waals surface area contributed by atoms with E-state index in [0.717, 1.165) is 11.4 Å². The third-order valence-electron chi connectivity index (χ3n) is 3.34. The summed E-state index contributed by atoms with van der Waals surface area (Å²) in [6.45, 7) is 8.56. The molecule has 0 fully saturated rings. The van der Waals surface area contributed by atoms with Gasteiger partial charge in [-0.15, -0.1) is 0 Å². The normalized spacial score (nSPS) is 9.48. The third-order valence-corrected chi connectivity index (χ3v) is 3.43. The Labute approximate surface area is 146 Å². The van der Waals surface area contributed by atoms with E-state index >= 15 is 0 Å². The van der Waals surface area contributed by atoms with Crippen molar-refractivity contribution in [2.45, 2.75) is 47.0 Å². The summed E-state index contributed by atoms with van der Waals surface area (Å²) in [5, 5.41) is 2.39. The van der Waals surface area contributed by atoms with Crippen LogP contribution in [0.25, 0.3) is 0 Å². The molecule has 0 bridgehead atoms. The summed E-state index contributed by atoms with van der Waals surface area (Å²) in [5.74, 6) is 1.01. The quantitative estimate of drug-likeness (QED) is 0.393. The molecule has 0 heterocycles. The van der Waals surface area contributed by atoms with E-state index in [1.165, 1.54) is 11.1 Å². The van der Waals surface area contributed by atoms with Crippen LogP contribution in [0.4, 0.5) is 11.4 Å². The molecule has 23 heavy (non-hydrogen) atoms. The summed E-state index contributed by atoms with van der Waals surface area (Å²) in [6, 6.07) is 16.0. The summed E-state index contributed by atoms with van der Waals surface area (Å²) >= 11 is 4.56. The van der Waals surface area contributed by atoms with Crippen LogP contribution >= 0.6 is 12.2 Å². The van der Waals surface area contributed by atoms with E-state index in [1.54, 1.807) is 0 Å². The maximum atomic E-state index is 5.72. The van der Waals surface area contributed by atoms with Crippen LogP contribution in [0.15, 0.2) is 53.5 Å². The zero-order valence-electron chi connectivity index (χ0n) is 13.7. The van der Waals surface area contributed by atoms with Crippen molar-refractivity contribution in [3.63, 3.8) is 0 Å².